The first-order valence-electron chi connectivity index (χ1n) is 6.33. The number of aryl methyl sites for hydroxylation is 1. The molecule has 0 aliphatic heterocycles. The summed E-state index contributed by atoms with van der Waals surface area (Å²) in [6, 6.07) is 10.7. The van der Waals surface area contributed by atoms with Crippen molar-refractivity contribution in [1.82, 2.24) is 5.32 Å². The van der Waals surface area contributed by atoms with E-state index in [1.165, 1.54) is 12.1 Å². The maximum absolute atomic E-state index is 13.3. The van der Waals surface area contributed by atoms with E-state index in [-0.39, 0.29) is 11.9 Å². The van der Waals surface area contributed by atoms with Crippen LogP contribution in [-0.4, -0.2) is 14.2 Å². The molecule has 1 atom stereocenters. The summed E-state index contributed by atoms with van der Waals surface area (Å²) in [7, 11) is 3.53. The quantitative estimate of drug-likeness (QED) is 0.902. The molecule has 0 spiro atoms. The van der Waals surface area contributed by atoms with Gasteiger partial charge in [0.05, 0.1) is 13.2 Å². The minimum atomic E-state index is -0.258. The molecule has 2 aromatic rings. The lowest BCUT2D eigenvalue weighted by molar-refractivity contribution is 0.405. The Balaban J connectivity index is 2.54. The molecule has 0 aliphatic carbocycles. The minimum Gasteiger partial charge on any atom is -0.496 e. The van der Waals surface area contributed by atoms with E-state index in [2.05, 4.69) is 27.3 Å². The molecular formula is C16H17BrFNO. The molecule has 0 aromatic heterocycles. The molecule has 2 aromatic carbocycles. The van der Waals surface area contributed by atoms with Crippen molar-refractivity contribution >= 4 is 15.9 Å². The maximum Gasteiger partial charge on any atom is 0.124 e. The third kappa shape index (κ3) is 3.02. The molecular weight excluding hydrogens is 321 g/mol. The van der Waals surface area contributed by atoms with Crippen LogP contribution in [0.2, 0.25) is 0 Å². The van der Waals surface area contributed by atoms with Crippen LogP contribution < -0.4 is 10.1 Å². The normalized spacial score (nSPS) is 12.2. The minimum absolute atomic E-state index is 0.0696. The lowest BCUT2D eigenvalue weighted by atomic mass is 9.96. The van der Waals surface area contributed by atoms with E-state index in [0.29, 0.717) is 0 Å². The maximum atomic E-state index is 13.3. The molecule has 0 bridgehead atoms. The largest absolute Gasteiger partial charge is 0.496 e. The predicted octanol–water partition coefficient (Wildman–Crippen LogP) is 4.21. The van der Waals surface area contributed by atoms with Crippen molar-refractivity contribution in [2.45, 2.75) is 13.0 Å². The van der Waals surface area contributed by atoms with E-state index in [9.17, 15) is 4.39 Å². The van der Waals surface area contributed by atoms with Crippen molar-refractivity contribution in [3.63, 3.8) is 0 Å². The van der Waals surface area contributed by atoms with Gasteiger partial charge < -0.3 is 10.1 Å². The van der Waals surface area contributed by atoms with Crippen LogP contribution in [0.3, 0.4) is 0 Å². The van der Waals surface area contributed by atoms with Crippen LogP contribution in [0, 0.1) is 12.7 Å². The van der Waals surface area contributed by atoms with E-state index in [4.69, 9.17) is 4.74 Å². The third-order valence-electron chi connectivity index (χ3n) is 3.26. The Labute approximate surface area is 127 Å². The van der Waals surface area contributed by atoms with Crippen molar-refractivity contribution in [1.29, 1.82) is 0 Å². The van der Waals surface area contributed by atoms with Crippen molar-refractivity contribution in [3.05, 3.63) is 63.4 Å². The average Bonchev–Trinajstić information content (AvgIpc) is 2.42. The highest BCUT2D eigenvalue weighted by molar-refractivity contribution is 9.10. The first kappa shape index (κ1) is 15.0. The number of halogens is 2. The zero-order valence-corrected chi connectivity index (χ0v) is 13.3. The summed E-state index contributed by atoms with van der Waals surface area (Å²) in [5.74, 6) is 0.554. The zero-order chi connectivity index (χ0) is 14.7. The van der Waals surface area contributed by atoms with E-state index < -0.39 is 0 Å². The second kappa shape index (κ2) is 6.37. The standard InChI is InChI=1S/C16H17BrFNO/c1-10-4-7-15(20-3)13(8-10)16(19-2)12-6-5-11(18)9-14(12)17/h4-9,16,19H,1-3H3. The molecule has 4 heteroatoms. The monoisotopic (exact) mass is 337 g/mol. The first-order valence-corrected chi connectivity index (χ1v) is 7.13. The van der Waals surface area contributed by atoms with Crippen LogP contribution in [0.15, 0.2) is 40.9 Å². The topological polar surface area (TPSA) is 21.3 Å². The molecule has 0 radical (unpaired) electrons. The summed E-state index contributed by atoms with van der Waals surface area (Å²) in [5.41, 5.74) is 3.15. The fraction of sp³-hybridized carbons (Fsp3) is 0.250. The molecule has 0 fully saturated rings. The summed E-state index contributed by atoms with van der Waals surface area (Å²) in [6.07, 6.45) is 0. The molecule has 0 saturated carbocycles. The van der Waals surface area contributed by atoms with Gasteiger partial charge >= 0.3 is 0 Å². The molecule has 1 unspecified atom stereocenters. The zero-order valence-electron chi connectivity index (χ0n) is 11.7. The number of methoxy groups -OCH3 is 1. The van der Waals surface area contributed by atoms with E-state index in [0.717, 1.165) is 26.9 Å². The molecule has 2 nitrogen and oxygen atoms in total. The summed E-state index contributed by atoms with van der Waals surface area (Å²) < 4.78 is 19.4. The summed E-state index contributed by atoms with van der Waals surface area (Å²) >= 11 is 3.43. The lowest BCUT2D eigenvalue weighted by Crippen LogP contribution is -2.19. The third-order valence-corrected chi connectivity index (χ3v) is 3.95. The van der Waals surface area contributed by atoms with Crippen LogP contribution in [0.1, 0.15) is 22.7 Å². The Morgan fingerprint density at radius 3 is 2.50 bits per heavy atom. The van der Waals surface area contributed by atoms with Gasteiger partial charge in [0, 0.05) is 10.0 Å². The first-order chi connectivity index (χ1) is 9.56. The van der Waals surface area contributed by atoms with Gasteiger partial charge in [0.25, 0.3) is 0 Å². The Morgan fingerprint density at radius 1 is 1.15 bits per heavy atom. The van der Waals surface area contributed by atoms with Crippen LogP contribution in [0.5, 0.6) is 5.75 Å². The van der Waals surface area contributed by atoms with Gasteiger partial charge in [-0.2, -0.15) is 0 Å². The molecule has 0 heterocycles. The number of ether oxygens (including phenoxy) is 1. The summed E-state index contributed by atoms with van der Waals surface area (Å²) in [4.78, 5) is 0. The van der Waals surface area contributed by atoms with E-state index >= 15 is 0 Å². The van der Waals surface area contributed by atoms with Crippen molar-refractivity contribution in [2.24, 2.45) is 0 Å². The number of rotatable bonds is 4. The molecule has 106 valence electrons. The van der Waals surface area contributed by atoms with Crippen LogP contribution in [-0.2, 0) is 0 Å². The Hall–Kier alpha value is -1.39. The fourth-order valence-electron chi connectivity index (χ4n) is 2.29. The van der Waals surface area contributed by atoms with E-state index in [1.807, 2.05) is 26.1 Å². The van der Waals surface area contributed by atoms with Crippen molar-refractivity contribution < 1.29 is 9.13 Å². The lowest BCUT2D eigenvalue weighted by Gasteiger charge is -2.21. The number of hydrogen-bond donors (Lipinski definition) is 1. The molecule has 1 N–H and O–H groups in total. The smallest absolute Gasteiger partial charge is 0.124 e. The van der Waals surface area contributed by atoms with Crippen LogP contribution >= 0.6 is 15.9 Å². The van der Waals surface area contributed by atoms with Gasteiger partial charge in [-0.25, -0.2) is 4.39 Å². The van der Waals surface area contributed by atoms with Crippen LogP contribution in [0.4, 0.5) is 4.39 Å². The Morgan fingerprint density at radius 2 is 1.90 bits per heavy atom. The molecule has 0 amide bonds. The van der Waals surface area contributed by atoms with Crippen molar-refractivity contribution in [2.75, 3.05) is 14.2 Å². The fourth-order valence-corrected chi connectivity index (χ4v) is 2.87. The Kier molecular flexibility index (Phi) is 4.78. The van der Waals surface area contributed by atoms with Gasteiger partial charge in [-0.05, 0) is 37.7 Å². The Bertz CT molecular complexity index is 615. The molecule has 0 saturated heterocycles. The molecule has 0 aliphatic rings. The molecule has 20 heavy (non-hydrogen) atoms. The SMILES string of the molecule is CNC(c1ccc(F)cc1Br)c1cc(C)ccc1OC. The second-order valence-corrected chi connectivity index (χ2v) is 5.49. The van der Waals surface area contributed by atoms with Gasteiger partial charge in [-0.1, -0.05) is 39.7 Å². The number of nitrogens with one attached hydrogen (secondary N) is 1. The highest BCUT2D eigenvalue weighted by Gasteiger charge is 2.19. The highest BCUT2D eigenvalue weighted by Crippen LogP contribution is 2.34. The van der Waals surface area contributed by atoms with Crippen LogP contribution in [0.25, 0.3) is 0 Å². The number of benzene rings is 2. The summed E-state index contributed by atoms with van der Waals surface area (Å²) in [5, 5.41) is 3.26. The van der Waals surface area contributed by atoms with E-state index in [1.54, 1.807) is 13.2 Å². The number of hydrogen-bond acceptors (Lipinski definition) is 2. The van der Waals surface area contributed by atoms with Gasteiger partial charge in [-0.3, -0.25) is 0 Å². The van der Waals surface area contributed by atoms with Gasteiger partial charge in [0.2, 0.25) is 0 Å². The second-order valence-electron chi connectivity index (χ2n) is 4.63. The predicted molar refractivity (Wildman–Crippen MR) is 82.7 cm³/mol. The average molecular weight is 338 g/mol. The summed E-state index contributed by atoms with van der Waals surface area (Å²) in [6.45, 7) is 2.04. The van der Waals surface area contributed by atoms with Gasteiger partial charge in [0.1, 0.15) is 11.6 Å². The van der Waals surface area contributed by atoms with Gasteiger partial charge in [0.15, 0.2) is 0 Å². The van der Waals surface area contributed by atoms with Gasteiger partial charge in [-0.15, -0.1) is 0 Å². The van der Waals surface area contributed by atoms with Crippen molar-refractivity contribution in [3.8, 4) is 5.75 Å². The highest BCUT2D eigenvalue weighted by atomic mass is 79.9. The molecule has 2 rings (SSSR count).